The first kappa shape index (κ1) is 26.0. The Balaban J connectivity index is 1.21. The van der Waals surface area contributed by atoms with Gasteiger partial charge in [0.05, 0.1) is 0 Å². The number of aromatic nitrogens is 1. The van der Waals surface area contributed by atoms with Crippen molar-refractivity contribution in [2.45, 2.75) is 6.92 Å². The van der Waals surface area contributed by atoms with Gasteiger partial charge in [-0.15, -0.1) is 0 Å². The summed E-state index contributed by atoms with van der Waals surface area (Å²) in [6.45, 7) is 1.93. The molecular weight excluding hydrogens is 565 g/mol. The molecule has 0 aliphatic rings. The molecule has 3 aromatic carbocycles. The van der Waals surface area contributed by atoms with E-state index < -0.39 is 5.91 Å². The summed E-state index contributed by atoms with van der Waals surface area (Å²) in [5, 5.41) is 7.35. The molecule has 0 saturated heterocycles. The molecule has 0 unspecified atom stereocenters. The van der Waals surface area contributed by atoms with Crippen molar-refractivity contribution in [1.29, 1.82) is 0 Å². The first-order valence-electron chi connectivity index (χ1n) is 11.3. The van der Waals surface area contributed by atoms with Crippen LogP contribution in [0.5, 0.6) is 0 Å². The maximum Gasteiger partial charge on any atom is 0.250 e. The number of carbonyl (C=O) groups excluding carboxylic acids is 1. The molecule has 0 spiro atoms. The van der Waals surface area contributed by atoms with Crippen molar-refractivity contribution in [3.63, 3.8) is 0 Å². The van der Waals surface area contributed by atoms with Crippen molar-refractivity contribution in [2.75, 3.05) is 5.32 Å². The first-order chi connectivity index (χ1) is 18.2. The van der Waals surface area contributed by atoms with Gasteiger partial charge < -0.3 is 14.2 Å². The molecule has 5 aromatic rings. The average Bonchev–Trinajstić information content (AvgIpc) is 3.51. The highest BCUT2D eigenvalue weighted by Gasteiger charge is 2.11. The maximum atomic E-state index is 12.4. The van der Waals surface area contributed by atoms with Crippen LogP contribution in [0.4, 0.5) is 5.69 Å². The number of thiocarbonyl (C=S) groups is 1. The fourth-order valence-electron chi connectivity index (χ4n) is 3.62. The second kappa shape index (κ2) is 11.0. The van der Waals surface area contributed by atoms with Crippen LogP contribution >= 0.6 is 47.0 Å². The van der Waals surface area contributed by atoms with Crippen LogP contribution in [0.1, 0.15) is 11.3 Å². The third-order valence-electron chi connectivity index (χ3n) is 5.47. The Labute approximate surface area is 238 Å². The van der Waals surface area contributed by atoms with Crippen LogP contribution in [0.15, 0.2) is 81.6 Å². The lowest BCUT2D eigenvalue weighted by atomic mass is 10.1. The quantitative estimate of drug-likeness (QED) is 0.160. The Hall–Kier alpha value is -3.62. The SMILES string of the molecule is Cc1ccc(-c2nc3cc(NC(=S)NC(=O)/C=C/c4ccc(-c5cc(Cl)cc(Cl)c5)o4)ccc3o2)cc1Cl. The van der Waals surface area contributed by atoms with E-state index in [1.165, 1.54) is 12.2 Å². The van der Waals surface area contributed by atoms with Crippen LogP contribution in [-0.4, -0.2) is 16.0 Å². The molecule has 0 aliphatic carbocycles. The predicted octanol–water partition coefficient (Wildman–Crippen LogP) is 8.55. The molecule has 2 heterocycles. The molecule has 0 bridgehead atoms. The summed E-state index contributed by atoms with van der Waals surface area (Å²) in [5.74, 6) is 1.09. The molecule has 1 amide bonds. The highest BCUT2D eigenvalue weighted by molar-refractivity contribution is 7.80. The van der Waals surface area contributed by atoms with Gasteiger partial charge in [0.1, 0.15) is 17.0 Å². The molecule has 2 aromatic heterocycles. The number of nitrogens with zero attached hydrogens (tertiary/aromatic N) is 1. The van der Waals surface area contributed by atoms with E-state index in [0.717, 1.165) is 16.7 Å². The van der Waals surface area contributed by atoms with Gasteiger partial charge in [0, 0.05) is 38.0 Å². The summed E-state index contributed by atoms with van der Waals surface area (Å²) in [4.78, 5) is 16.9. The molecule has 0 fully saturated rings. The lowest BCUT2D eigenvalue weighted by Gasteiger charge is -2.07. The number of furan rings is 1. The second-order valence-electron chi connectivity index (χ2n) is 8.30. The summed E-state index contributed by atoms with van der Waals surface area (Å²) < 4.78 is 11.6. The van der Waals surface area contributed by atoms with E-state index in [2.05, 4.69) is 15.6 Å². The monoisotopic (exact) mass is 581 g/mol. The minimum absolute atomic E-state index is 0.127. The van der Waals surface area contributed by atoms with E-state index in [-0.39, 0.29) is 5.11 Å². The number of carbonyl (C=O) groups is 1. The van der Waals surface area contributed by atoms with Gasteiger partial charge in [-0.3, -0.25) is 10.1 Å². The Morgan fingerprint density at radius 2 is 1.71 bits per heavy atom. The molecule has 10 heteroatoms. The second-order valence-corrected chi connectivity index (χ2v) is 9.99. The number of aryl methyl sites for hydroxylation is 1. The molecule has 2 N–H and O–H groups in total. The number of anilines is 1. The number of oxazole rings is 1. The minimum Gasteiger partial charge on any atom is -0.457 e. The smallest absolute Gasteiger partial charge is 0.250 e. The number of nitrogens with one attached hydrogen (secondary N) is 2. The van der Waals surface area contributed by atoms with Gasteiger partial charge in [-0.2, -0.15) is 0 Å². The summed E-state index contributed by atoms with van der Waals surface area (Å²) >= 11 is 23.6. The summed E-state index contributed by atoms with van der Waals surface area (Å²) in [7, 11) is 0. The molecular formula is C28H18Cl3N3O3S. The van der Waals surface area contributed by atoms with Crippen LogP contribution in [-0.2, 0) is 4.79 Å². The van der Waals surface area contributed by atoms with Gasteiger partial charge in [-0.05, 0) is 91.4 Å². The summed E-state index contributed by atoms with van der Waals surface area (Å²) in [6.07, 6.45) is 2.86. The van der Waals surface area contributed by atoms with Crippen LogP contribution in [0, 0.1) is 6.92 Å². The van der Waals surface area contributed by atoms with E-state index in [1.54, 1.807) is 48.5 Å². The van der Waals surface area contributed by atoms with Crippen molar-refractivity contribution in [3.05, 3.63) is 99.2 Å². The van der Waals surface area contributed by atoms with Crippen LogP contribution in [0.3, 0.4) is 0 Å². The third-order valence-corrected chi connectivity index (χ3v) is 6.52. The first-order valence-corrected chi connectivity index (χ1v) is 12.8. The number of halogens is 3. The number of amides is 1. The molecule has 6 nitrogen and oxygen atoms in total. The topological polar surface area (TPSA) is 80.3 Å². The Morgan fingerprint density at radius 1 is 0.921 bits per heavy atom. The number of rotatable bonds is 5. The van der Waals surface area contributed by atoms with E-state index >= 15 is 0 Å². The van der Waals surface area contributed by atoms with Crippen molar-refractivity contribution < 1.29 is 13.6 Å². The van der Waals surface area contributed by atoms with Crippen molar-refractivity contribution >= 4 is 80.9 Å². The van der Waals surface area contributed by atoms with Gasteiger partial charge >= 0.3 is 0 Å². The number of hydrogen-bond acceptors (Lipinski definition) is 5. The molecule has 0 aliphatic heterocycles. The van der Waals surface area contributed by atoms with Crippen molar-refractivity contribution in [1.82, 2.24) is 10.3 Å². The molecule has 0 atom stereocenters. The molecule has 5 rings (SSSR count). The van der Waals surface area contributed by atoms with Gasteiger partial charge in [0.2, 0.25) is 11.8 Å². The van der Waals surface area contributed by atoms with Crippen molar-refractivity contribution in [3.8, 4) is 22.8 Å². The zero-order valence-electron chi connectivity index (χ0n) is 19.7. The number of hydrogen-bond donors (Lipinski definition) is 2. The molecule has 0 saturated carbocycles. The van der Waals surface area contributed by atoms with Gasteiger partial charge in [0.25, 0.3) is 0 Å². The Morgan fingerprint density at radius 3 is 2.47 bits per heavy atom. The number of fused-ring (bicyclic) bond motifs is 1. The number of benzene rings is 3. The van der Waals surface area contributed by atoms with Gasteiger partial charge in [-0.1, -0.05) is 40.9 Å². The average molecular weight is 583 g/mol. The highest BCUT2D eigenvalue weighted by atomic mass is 35.5. The van der Waals surface area contributed by atoms with Crippen LogP contribution in [0.2, 0.25) is 15.1 Å². The fourth-order valence-corrected chi connectivity index (χ4v) is 4.55. The maximum absolute atomic E-state index is 12.4. The third kappa shape index (κ3) is 6.09. The van der Waals surface area contributed by atoms with E-state index in [0.29, 0.717) is 49.3 Å². The zero-order valence-corrected chi connectivity index (χ0v) is 22.8. The summed E-state index contributed by atoms with van der Waals surface area (Å²) in [6, 6.07) is 19.6. The van der Waals surface area contributed by atoms with Gasteiger partial charge in [-0.25, -0.2) is 4.98 Å². The van der Waals surface area contributed by atoms with Crippen LogP contribution < -0.4 is 10.6 Å². The molecule has 190 valence electrons. The fraction of sp³-hybridized carbons (Fsp3) is 0.0357. The normalized spacial score (nSPS) is 11.3. The lowest BCUT2D eigenvalue weighted by Crippen LogP contribution is -2.32. The summed E-state index contributed by atoms with van der Waals surface area (Å²) in [5.41, 5.74) is 4.37. The molecule has 38 heavy (non-hydrogen) atoms. The van der Waals surface area contributed by atoms with Crippen molar-refractivity contribution in [2.24, 2.45) is 0 Å². The largest absolute Gasteiger partial charge is 0.457 e. The van der Waals surface area contributed by atoms with Crippen LogP contribution in [0.25, 0.3) is 40.0 Å². The Kier molecular flexibility index (Phi) is 7.53. The predicted molar refractivity (Wildman–Crippen MR) is 157 cm³/mol. The van der Waals surface area contributed by atoms with E-state index in [9.17, 15) is 4.79 Å². The minimum atomic E-state index is -0.424. The standard InChI is InChI=1S/C28H18Cl3N3O3S/c1-15-2-3-16(12-22(15)31)27-33-23-14-20(4-7-25(23)37-27)32-28(38)34-26(35)9-6-21-5-8-24(36-21)17-10-18(29)13-19(30)11-17/h2-14H,1H3,(H2,32,34,35,38)/b9-6+. The Bertz CT molecular complexity index is 1700. The molecule has 0 radical (unpaired) electrons. The highest BCUT2D eigenvalue weighted by Crippen LogP contribution is 2.30. The lowest BCUT2D eigenvalue weighted by molar-refractivity contribution is -0.115. The van der Waals surface area contributed by atoms with Gasteiger partial charge in [0.15, 0.2) is 10.7 Å². The van der Waals surface area contributed by atoms with E-state index in [4.69, 9.17) is 55.9 Å². The van der Waals surface area contributed by atoms with E-state index in [1.807, 2.05) is 25.1 Å². The zero-order chi connectivity index (χ0) is 26.8.